The molecule has 12 heterocycles. The van der Waals surface area contributed by atoms with Crippen molar-refractivity contribution in [2.45, 2.75) is 132 Å². The van der Waals surface area contributed by atoms with Gasteiger partial charge in [0.1, 0.15) is 52.1 Å². The second-order valence-corrected chi connectivity index (χ2v) is 41.9. The fourth-order valence-corrected chi connectivity index (χ4v) is 26.1. The fourth-order valence-electron chi connectivity index (χ4n) is 25.6. The van der Waals surface area contributed by atoms with Crippen molar-refractivity contribution < 1.29 is 102 Å². The first-order valence-electron chi connectivity index (χ1n) is 49.1. The number of likely N-dealkylation sites (N-methyl/N-ethyl adjacent to an activating group) is 4. The van der Waals surface area contributed by atoms with Gasteiger partial charge in [0.2, 0.25) is 5.91 Å². The zero-order valence-corrected chi connectivity index (χ0v) is 85.2. The number of rotatable bonds is 23. The number of pyridine rings is 4. The van der Waals surface area contributed by atoms with Crippen molar-refractivity contribution in [1.29, 1.82) is 10.5 Å². The fraction of sp³-hybridized carbons (Fsp3) is 0.388. The quantitative estimate of drug-likeness (QED) is 0.0295. The molecule has 12 aromatic rings. The molecule has 8 aromatic carbocycles. The summed E-state index contributed by atoms with van der Waals surface area (Å²) in [4.78, 5) is 39.4. The molecular weight excluding hydrogens is 2030 g/mol. The number of hydrogen-bond acceptors (Lipinski definition) is 30. The number of aliphatic hydroxyl groups is 8. The van der Waals surface area contributed by atoms with Gasteiger partial charge in [0.15, 0.2) is 44.8 Å². The van der Waals surface area contributed by atoms with E-state index in [0.29, 0.717) is 157 Å². The van der Waals surface area contributed by atoms with Crippen LogP contribution in [-0.4, -0.2) is 264 Å². The zero-order chi connectivity index (χ0) is 103. The monoisotopic (exact) mass is 2150 g/mol. The van der Waals surface area contributed by atoms with Gasteiger partial charge < -0.3 is 103 Å². The molecule has 0 radical (unpaired) electrons. The Kier molecular flexibility index (Phi) is 29.2. The number of amides is 1. The van der Waals surface area contributed by atoms with Crippen molar-refractivity contribution in [1.82, 2.24) is 39.5 Å². The van der Waals surface area contributed by atoms with Gasteiger partial charge in [-0.2, -0.15) is 10.5 Å². The Hall–Kier alpha value is -12.4. The Bertz CT molecular complexity index is 6700. The van der Waals surface area contributed by atoms with Crippen LogP contribution in [0.5, 0.6) is 46.0 Å². The number of fused-ring (bicyclic) bond motifs is 12. The summed E-state index contributed by atoms with van der Waals surface area (Å²) in [5.74, 6) is -1.65. The minimum atomic E-state index is -2.03. The van der Waals surface area contributed by atoms with E-state index in [1.54, 1.807) is 61.0 Å². The van der Waals surface area contributed by atoms with Crippen LogP contribution in [0.15, 0.2) is 277 Å². The number of nitrogens with zero attached hydrogens (tertiary/aromatic N) is 10. The molecule has 12 aliphatic rings. The van der Waals surface area contributed by atoms with Crippen molar-refractivity contribution in [3.05, 3.63) is 355 Å². The minimum absolute atomic E-state index is 0. The van der Waals surface area contributed by atoms with Crippen LogP contribution in [0.3, 0.4) is 0 Å². The number of carbonyl (C=O) groups is 1. The van der Waals surface area contributed by atoms with Crippen LogP contribution in [0, 0.1) is 46.3 Å². The van der Waals surface area contributed by atoms with Crippen LogP contribution in [0.4, 0.5) is 0 Å². The molecule has 8 fully saturated rings. The third-order valence-electron chi connectivity index (χ3n) is 33.0. The van der Waals surface area contributed by atoms with Gasteiger partial charge in [-0.1, -0.05) is 217 Å². The maximum Gasteiger partial charge on any atom is 0.229 e. The van der Waals surface area contributed by atoms with E-state index in [-0.39, 0.29) is 68.1 Å². The van der Waals surface area contributed by atoms with Gasteiger partial charge in [0.25, 0.3) is 0 Å². The van der Waals surface area contributed by atoms with Crippen LogP contribution >= 0.6 is 31.9 Å². The van der Waals surface area contributed by atoms with Crippen molar-refractivity contribution in [3.8, 4) is 58.1 Å². The van der Waals surface area contributed by atoms with Gasteiger partial charge in [-0.05, 0) is 114 Å². The van der Waals surface area contributed by atoms with Crippen LogP contribution in [0.2, 0.25) is 0 Å². The molecule has 8 aliphatic heterocycles. The minimum Gasteiger partial charge on any atom is -0.495 e. The number of methoxy groups -OCH3 is 4. The Labute approximate surface area is 882 Å². The molecule has 24 rings (SSSR count). The molecule has 4 saturated heterocycles. The van der Waals surface area contributed by atoms with Gasteiger partial charge >= 0.3 is 0 Å². The van der Waals surface area contributed by atoms with Crippen LogP contribution in [0.1, 0.15) is 116 Å². The lowest BCUT2D eigenvalue weighted by Crippen LogP contribution is -2.53. The second kappa shape index (κ2) is 41.4. The summed E-state index contributed by atoms with van der Waals surface area (Å²) < 4.78 is 73.0. The summed E-state index contributed by atoms with van der Waals surface area (Å²) in [5, 5.41) is 119. The predicted octanol–water partition coefficient (Wildman–Crippen LogP) is 12.8. The molecular formula is C116H122Br2N10O21. The van der Waals surface area contributed by atoms with E-state index in [9.17, 15) is 56.2 Å². The van der Waals surface area contributed by atoms with Crippen LogP contribution < -0.4 is 37.9 Å². The van der Waals surface area contributed by atoms with Crippen LogP contribution in [-0.2, 0) is 68.6 Å². The van der Waals surface area contributed by atoms with Gasteiger partial charge in [0.05, 0.1) is 225 Å². The molecule has 1 amide bonds. The number of ether oxygens (including phenoxy) is 12. The Morgan fingerprint density at radius 3 is 0.819 bits per heavy atom. The highest BCUT2D eigenvalue weighted by molar-refractivity contribution is 9.10. The van der Waals surface area contributed by atoms with Crippen molar-refractivity contribution in [2.24, 2.45) is 23.7 Å². The lowest BCUT2D eigenvalue weighted by Gasteiger charge is -2.41. The summed E-state index contributed by atoms with van der Waals surface area (Å²) >= 11 is 7.02. The van der Waals surface area contributed by atoms with E-state index in [1.807, 2.05) is 215 Å². The number of carbonyl (C=O) groups excluding carboxylic acids is 1. The predicted molar refractivity (Wildman–Crippen MR) is 556 cm³/mol. The molecule has 31 nitrogen and oxygen atoms in total. The Morgan fingerprint density at radius 2 is 0.584 bits per heavy atom. The van der Waals surface area contributed by atoms with Crippen molar-refractivity contribution >= 4 is 37.8 Å². The average molecular weight is 2150 g/mol. The summed E-state index contributed by atoms with van der Waals surface area (Å²) in [5.41, 5.74) is -4.36. The molecule has 20 atom stereocenters. The molecule has 0 unspecified atom stereocenters. The number of halogens is 2. The first kappa shape index (κ1) is 105. The molecule has 0 spiro atoms. The standard InChI is InChI=1S/2C29H29N3O5.C28H27BrN2O6.C28H29BrN2O5.2CH4/c2*1-32(21-16-36-17-21)15-22-25(19-6-4-3-5-7-19)29(20-10-8-18(12-30)9-11-20)28(34,27(22)33)26-23(35-2)13-31-14-24(26)37-29;1-31(19-14-36-15-19)26(33)22-23(16-6-4-3-5-7-16)28(17-8-10-18(29)11-9-17)27(34,25(22)32)24-20(35-2)12-30-13-21(24)37-28;1-31(20-15-35-16-20)14-21-24(17-6-4-3-5-7-17)28(18-8-10-19(29)11-9-18)27(33,26(21)32)25-22(34-2)12-30-13-23(25)36-28;;/h2*3-11,13-14,21-22,25,27,33-34H,15-17H2,1-2H3;3-13,19,22-23,25,32,34H,14-15H2,1-2H3;3-13,20-21,24,26,32-33H,14-16H2,1-2H3;2*1H4/t2*22-,25-,27-,28+,29+;22-,23-,25-,27+,28+;21-,24-,26-,27+,28+;;/m1111../s1. The summed E-state index contributed by atoms with van der Waals surface area (Å²) in [6.07, 6.45) is 7.26. The molecule has 4 saturated carbocycles. The Morgan fingerprint density at radius 1 is 0.349 bits per heavy atom. The highest BCUT2D eigenvalue weighted by atomic mass is 79.9. The largest absolute Gasteiger partial charge is 0.495 e. The normalized spacial score (nSPS) is 30.0. The van der Waals surface area contributed by atoms with E-state index in [1.165, 1.54) is 53.2 Å². The number of aromatic nitrogens is 4. The van der Waals surface area contributed by atoms with Gasteiger partial charge in [-0.15, -0.1) is 0 Å². The molecule has 8 N–H and O–H groups in total. The number of aliphatic hydroxyl groups excluding tert-OH is 4. The van der Waals surface area contributed by atoms with Gasteiger partial charge in [-0.3, -0.25) is 39.4 Å². The molecule has 776 valence electrons. The molecule has 149 heavy (non-hydrogen) atoms. The number of nitriles is 2. The summed E-state index contributed by atoms with van der Waals surface area (Å²) in [6, 6.07) is 73.5. The maximum absolute atomic E-state index is 14.1. The molecule has 0 bridgehead atoms. The van der Waals surface area contributed by atoms with E-state index >= 15 is 0 Å². The lowest BCUT2D eigenvalue weighted by atomic mass is 9.70. The third-order valence-corrected chi connectivity index (χ3v) is 34.1. The summed E-state index contributed by atoms with van der Waals surface area (Å²) in [7, 11) is 13.9. The highest BCUT2D eigenvalue weighted by Crippen LogP contribution is 2.75. The highest BCUT2D eigenvalue weighted by Gasteiger charge is 2.82. The van der Waals surface area contributed by atoms with Crippen molar-refractivity contribution in [3.63, 3.8) is 0 Å². The molecule has 33 heteroatoms. The smallest absolute Gasteiger partial charge is 0.229 e. The average Bonchev–Trinajstić information content (AvgIpc) is 1.50. The summed E-state index contributed by atoms with van der Waals surface area (Å²) in [6.45, 7) is 6.33. The van der Waals surface area contributed by atoms with E-state index in [2.05, 4.69) is 78.6 Å². The molecule has 4 aliphatic carbocycles. The zero-order valence-electron chi connectivity index (χ0n) is 82.0. The second-order valence-electron chi connectivity index (χ2n) is 40.1. The number of benzene rings is 8. The van der Waals surface area contributed by atoms with Gasteiger partial charge in [-0.25, -0.2) is 0 Å². The molecule has 4 aromatic heterocycles. The number of hydrogen-bond donors (Lipinski definition) is 8. The Balaban J connectivity index is 0.000000124. The first-order valence-corrected chi connectivity index (χ1v) is 50.6. The maximum atomic E-state index is 14.1. The van der Waals surface area contributed by atoms with E-state index < -0.39 is 105 Å². The van der Waals surface area contributed by atoms with E-state index in [4.69, 9.17) is 56.8 Å². The first-order chi connectivity index (χ1) is 71.2. The lowest BCUT2D eigenvalue weighted by molar-refractivity contribution is -0.160. The van der Waals surface area contributed by atoms with Crippen LogP contribution in [0.25, 0.3) is 0 Å². The van der Waals surface area contributed by atoms with E-state index in [0.717, 1.165) is 36.8 Å². The SMILES string of the molecule is C.C.COc1cncc2c1[C@]1(O)[C@H](O)[C@H](C(=O)N(C)C3COC3)[C@@H](c3ccccc3)[C@]1(c1ccc(Br)cc1)O2.COc1cncc2c1[C@]1(O)[C@H](O)[C@H](CN(C)C3COC3)[C@@H](c3ccccc3)[C@]1(c1ccc(Br)cc1)O2.COc1cncc2c1[C@]1(O)[C@H](O)[C@H](CN(C)C3COC3)[C@@H](c3ccccc3)[C@]1(c1ccc(C#N)cc1)O2.COc1cncc2c1[C@]1(O)[C@H](O)[C@H](CN(C)C3COC3)[C@@H](c3ccccc3)[C@]1(c1ccc(C#N)cc1)O2. The third kappa shape index (κ3) is 16.1. The van der Waals surface area contributed by atoms with Crippen molar-refractivity contribution in [2.75, 3.05) is 129 Å². The topological polar surface area (TPSA) is 402 Å². The van der Waals surface area contributed by atoms with Gasteiger partial charge in [0, 0.05) is 77.1 Å².